The van der Waals surface area contributed by atoms with Gasteiger partial charge in [-0.3, -0.25) is 4.79 Å². The van der Waals surface area contributed by atoms with Crippen LogP contribution in [0.4, 0.5) is 0 Å². The van der Waals surface area contributed by atoms with E-state index in [9.17, 15) is 9.90 Å². The summed E-state index contributed by atoms with van der Waals surface area (Å²) in [5, 5.41) is 9.35. The molecule has 1 heterocycles. The summed E-state index contributed by atoms with van der Waals surface area (Å²) in [5.74, 6) is 0.280. The van der Waals surface area contributed by atoms with E-state index in [0.29, 0.717) is 4.34 Å². The molecule has 1 N–H and O–H groups in total. The maximum absolute atomic E-state index is 12.0. The third-order valence-electron chi connectivity index (χ3n) is 2.88. The van der Waals surface area contributed by atoms with Crippen LogP contribution in [0.15, 0.2) is 12.1 Å². The number of hydrogen-bond acceptors (Lipinski definition) is 3. The summed E-state index contributed by atoms with van der Waals surface area (Å²) >= 11 is 7.14. The number of carbonyl (C=O) groups is 1. The maximum atomic E-state index is 12.0. The fourth-order valence-corrected chi connectivity index (χ4v) is 3.05. The van der Waals surface area contributed by atoms with Gasteiger partial charge in [0.1, 0.15) is 0 Å². The Balaban J connectivity index is 2.02. The fraction of sp³-hybridized carbons (Fsp3) is 0.545. The van der Waals surface area contributed by atoms with Gasteiger partial charge in [-0.25, -0.2) is 0 Å². The van der Waals surface area contributed by atoms with Crippen molar-refractivity contribution in [2.24, 2.45) is 5.92 Å². The molecule has 1 saturated carbocycles. The van der Waals surface area contributed by atoms with Gasteiger partial charge in [-0.05, 0) is 37.8 Å². The molecule has 0 aliphatic heterocycles. The first-order chi connectivity index (χ1) is 7.16. The highest BCUT2D eigenvalue weighted by Crippen LogP contribution is 2.30. The molecule has 15 heavy (non-hydrogen) atoms. The van der Waals surface area contributed by atoms with Gasteiger partial charge < -0.3 is 5.11 Å². The van der Waals surface area contributed by atoms with Gasteiger partial charge in [-0.15, -0.1) is 11.3 Å². The van der Waals surface area contributed by atoms with Gasteiger partial charge >= 0.3 is 0 Å². The number of halogens is 1. The van der Waals surface area contributed by atoms with Crippen molar-refractivity contribution in [3.05, 3.63) is 21.3 Å². The number of ketones is 1. The Bertz CT molecular complexity index is 353. The van der Waals surface area contributed by atoms with Crippen LogP contribution in [0.2, 0.25) is 4.34 Å². The molecule has 0 spiro atoms. The molecule has 2 nitrogen and oxygen atoms in total. The summed E-state index contributed by atoms with van der Waals surface area (Å²) < 4.78 is 0.661. The van der Waals surface area contributed by atoms with Crippen molar-refractivity contribution in [1.29, 1.82) is 0 Å². The fourth-order valence-electron chi connectivity index (χ4n) is 1.99. The van der Waals surface area contributed by atoms with Crippen molar-refractivity contribution in [2.75, 3.05) is 0 Å². The first-order valence-corrected chi connectivity index (χ1v) is 6.34. The first kappa shape index (κ1) is 11.1. The molecular weight excluding hydrogens is 232 g/mol. The maximum Gasteiger partial charge on any atom is 0.175 e. The standard InChI is InChI=1S/C11H13ClO2S/c12-10-6-5-9(15-10)11(14)7-1-3-8(13)4-2-7/h5-8,13H,1-4H2. The number of aliphatic hydroxyl groups is 1. The van der Waals surface area contributed by atoms with Gasteiger partial charge in [0.2, 0.25) is 0 Å². The lowest BCUT2D eigenvalue weighted by atomic mass is 9.84. The predicted octanol–water partition coefficient (Wildman–Crippen LogP) is 3.14. The van der Waals surface area contributed by atoms with E-state index in [-0.39, 0.29) is 17.8 Å². The SMILES string of the molecule is O=C(c1ccc(Cl)s1)C1CCC(O)CC1. The molecule has 1 aliphatic rings. The highest BCUT2D eigenvalue weighted by molar-refractivity contribution is 7.18. The van der Waals surface area contributed by atoms with Crippen LogP contribution in [0, 0.1) is 5.92 Å². The number of hydrogen-bond donors (Lipinski definition) is 1. The van der Waals surface area contributed by atoms with Gasteiger partial charge in [0, 0.05) is 5.92 Å². The predicted molar refractivity (Wildman–Crippen MR) is 61.6 cm³/mol. The van der Waals surface area contributed by atoms with E-state index in [1.807, 2.05) is 0 Å². The van der Waals surface area contributed by atoms with Crippen molar-refractivity contribution in [1.82, 2.24) is 0 Å². The van der Waals surface area contributed by atoms with E-state index in [4.69, 9.17) is 11.6 Å². The average Bonchev–Trinajstić information content (AvgIpc) is 2.65. The Hall–Kier alpha value is -0.380. The number of thiophene rings is 1. The van der Waals surface area contributed by atoms with Crippen LogP contribution >= 0.6 is 22.9 Å². The highest BCUT2D eigenvalue weighted by atomic mass is 35.5. The quantitative estimate of drug-likeness (QED) is 0.812. The van der Waals surface area contributed by atoms with E-state index in [1.54, 1.807) is 12.1 Å². The molecule has 82 valence electrons. The molecule has 1 fully saturated rings. The molecule has 0 bridgehead atoms. The van der Waals surface area contributed by atoms with Crippen molar-refractivity contribution >= 4 is 28.7 Å². The van der Waals surface area contributed by atoms with Crippen LogP contribution < -0.4 is 0 Å². The van der Waals surface area contributed by atoms with Gasteiger partial charge in [0.15, 0.2) is 5.78 Å². The van der Waals surface area contributed by atoms with Crippen LogP contribution in [-0.4, -0.2) is 17.0 Å². The first-order valence-electron chi connectivity index (χ1n) is 5.14. The second kappa shape index (κ2) is 4.64. The van der Waals surface area contributed by atoms with E-state index in [2.05, 4.69) is 0 Å². The van der Waals surface area contributed by atoms with Crippen molar-refractivity contribution in [3.8, 4) is 0 Å². The average molecular weight is 245 g/mol. The minimum absolute atomic E-state index is 0.0862. The Kier molecular flexibility index (Phi) is 3.44. The largest absolute Gasteiger partial charge is 0.393 e. The van der Waals surface area contributed by atoms with Crippen molar-refractivity contribution in [3.63, 3.8) is 0 Å². The normalized spacial score (nSPS) is 26.5. The molecule has 0 saturated heterocycles. The number of carbonyl (C=O) groups excluding carboxylic acids is 1. The van der Waals surface area contributed by atoms with E-state index >= 15 is 0 Å². The Labute approximate surface area is 97.9 Å². The van der Waals surface area contributed by atoms with Gasteiger partial charge in [-0.1, -0.05) is 11.6 Å². The summed E-state index contributed by atoms with van der Waals surface area (Å²) in [4.78, 5) is 12.7. The summed E-state index contributed by atoms with van der Waals surface area (Å²) in [6, 6.07) is 3.55. The van der Waals surface area contributed by atoms with Crippen LogP contribution in [-0.2, 0) is 0 Å². The van der Waals surface area contributed by atoms with Crippen LogP contribution in [0.25, 0.3) is 0 Å². The van der Waals surface area contributed by atoms with Crippen molar-refractivity contribution in [2.45, 2.75) is 31.8 Å². The van der Waals surface area contributed by atoms with E-state index < -0.39 is 0 Å². The number of Topliss-reactive ketones (excluding diaryl/α,β-unsaturated/α-hetero) is 1. The molecule has 0 atom stereocenters. The van der Waals surface area contributed by atoms with E-state index in [0.717, 1.165) is 30.6 Å². The molecule has 0 amide bonds. The molecule has 1 aromatic heterocycles. The lowest BCUT2D eigenvalue weighted by Crippen LogP contribution is -2.23. The second-order valence-corrected chi connectivity index (χ2v) is 5.69. The molecule has 0 radical (unpaired) electrons. The number of aliphatic hydroxyl groups excluding tert-OH is 1. The van der Waals surface area contributed by atoms with Gasteiger partial charge in [-0.2, -0.15) is 0 Å². The minimum Gasteiger partial charge on any atom is -0.393 e. The Morgan fingerprint density at radius 2 is 2.00 bits per heavy atom. The zero-order chi connectivity index (χ0) is 10.8. The third-order valence-corrected chi connectivity index (χ3v) is 4.13. The summed E-state index contributed by atoms with van der Waals surface area (Å²) in [6.07, 6.45) is 2.89. The lowest BCUT2D eigenvalue weighted by molar-refractivity contribution is 0.0768. The van der Waals surface area contributed by atoms with Crippen LogP contribution in [0.5, 0.6) is 0 Å². The molecule has 0 aromatic carbocycles. The zero-order valence-electron chi connectivity index (χ0n) is 8.28. The monoisotopic (exact) mass is 244 g/mol. The molecular formula is C11H13ClO2S. The topological polar surface area (TPSA) is 37.3 Å². The number of rotatable bonds is 2. The second-order valence-electron chi connectivity index (χ2n) is 3.97. The Morgan fingerprint density at radius 3 is 2.53 bits per heavy atom. The summed E-state index contributed by atoms with van der Waals surface area (Å²) in [6.45, 7) is 0. The third kappa shape index (κ3) is 2.60. The van der Waals surface area contributed by atoms with Gasteiger partial charge in [0.05, 0.1) is 15.3 Å². The molecule has 4 heteroatoms. The van der Waals surface area contributed by atoms with Crippen LogP contribution in [0.1, 0.15) is 35.4 Å². The molecule has 0 unspecified atom stereocenters. The summed E-state index contributed by atoms with van der Waals surface area (Å²) in [7, 11) is 0. The molecule has 1 aliphatic carbocycles. The smallest absolute Gasteiger partial charge is 0.175 e. The minimum atomic E-state index is -0.207. The molecule has 2 rings (SSSR count). The zero-order valence-corrected chi connectivity index (χ0v) is 9.85. The Morgan fingerprint density at radius 1 is 1.33 bits per heavy atom. The van der Waals surface area contributed by atoms with Gasteiger partial charge in [0.25, 0.3) is 0 Å². The molecule has 1 aromatic rings. The summed E-state index contributed by atoms with van der Waals surface area (Å²) in [5.41, 5.74) is 0. The van der Waals surface area contributed by atoms with E-state index in [1.165, 1.54) is 11.3 Å². The van der Waals surface area contributed by atoms with Crippen LogP contribution in [0.3, 0.4) is 0 Å². The lowest BCUT2D eigenvalue weighted by Gasteiger charge is -2.23. The highest BCUT2D eigenvalue weighted by Gasteiger charge is 2.26. The van der Waals surface area contributed by atoms with Crippen molar-refractivity contribution < 1.29 is 9.90 Å².